The summed E-state index contributed by atoms with van der Waals surface area (Å²) < 4.78 is 37.9. The third kappa shape index (κ3) is 4.58. The highest BCUT2D eigenvalue weighted by Crippen LogP contribution is 2.46. The van der Waals surface area contributed by atoms with E-state index >= 15 is 4.39 Å². The summed E-state index contributed by atoms with van der Waals surface area (Å²) in [5.41, 5.74) is 0.255. The van der Waals surface area contributed by atoms with Crippen LogP contribution in [-0.2, 0) is 28.5 Å². The van der Waals surface area contributed by atoms with E-state index in [4.69, 9.17) is 18.9 Å². The summed E-state index contributed by atoms with van der Waals surface area (Å²) in [5, 5.41) is 0. The Morgan fingerprint density at radius 1 is 1.13 bits per heavy atom. The Balaban J connectivity index is 1.83. The van der Waals surface area contributed by atoms with E-state index in [1.165, 1.54) is 32.2 Å². The molecule has 0 saturated carbocycles. The van der Waals surface area contributed by atoms with E-state index in [0.29, 0.717) is 0 Å². The molecule has 3 rings (SSSR count). The van der Waals surface area contributed by atoms with E-state index in [9.17, 15) is 14.4 Å². The van der Waals surface area contributed by atoms with Crippen molar-refractivity contribution in [3.05, 3.63) is 48.2 Å². The Morgan fingerprint density at radius 2 is 1.80 bits per heavy atom. The lowest BCUT2D eigenvalue weighted by Gasteiger charge is -2.31. The van der Waals surface area contributed by atoms with Gasteiger partial charge in [-0.2, -0.15) is 0 Å². The van der Waals surface area contributed by atoms with Gasteiger partial charge in [0.25, 0.3) is 5.85 Å². The summed E-state index contributed by atoms with van der Waals surface area (Å²) in [6.45, 7) is 5.00. The molecule has 0 N–H and O–H groups in total. The number of amides is 1. The number of esters is 1. The first-order chi connectivity index (χ1) is 14.0. The predicted molar refractivity (Wildman–Crippen MR) is 102 cm³/mol. The van der Waals surface area contributed by atoms with Crippen LogP contribution in [0.25, 0.3) is 0 Å². The molecule has 0 spiro atoms. The molecule has 2 fully saturated rings. The van der Waals surface area contributed by atoms with E-state index < -0.39 is 48.6 Å². The summed E-state index contributed by atoms with van der Waals surface area (Å²) >= 11 is 0. The lowest BCUT2D eigenvalue weighted by Crippen LogP contribution is -2.44. The average molecular weight is 421 g/mol. The zero-order valence-corrected chi connectivity index (χ0v) is 17.2. The number of ketones is 1. The lowest BCUT2D eigenvalue weighted by molar-refractivity contribution is -0.266. The first kappa shape index (κ1) is 22.1. The average Bonchev–Trinajstić information content (AvgIpc) is 3.13. The van der Waals surface area contributed by atoms with Crippen LogP contribution < -0.4 is 0 Å². The number of carbonyl (C=O) groups is 3. The van der Waals surface area contributed by atoms with Crippen LogP contribution in [0.1, 0.15) is 38.1 Å². The second-order valence-corrected chi connectivity index (χ2v) is 7.61. The number of rotatable bonds is 6. The molecule has 30 heavy (non-hydrogen) atoms. The number of ether oxygens (including phenoxy) is 4. The van der Waals surface area contributed by atoms with Crippen molar-refractivity contribution >= 4 is 17.7 Å². The van der Waals surface area contributed by atoms with Gasteiger partial charge in [0.2, 0.25) is 5.91 Å². The molecule has 9 heteroatoms. The van der Waals surface area contributed by atoms with Gasteiger partial charge in [-0.25, -0.2) is 9.18 Å². The van der Waals surface area contributed by atoms with Crippen molar-refractivity contribution in [3.8, 4) is 0 Å². The Kier molecular flexibility index (Phi) is 6.07. The fourth-order valence-corrected chi connectivity index (χ4v) is 3.37. The van der Waals surface area contributed by atoms with E-state index in [1.807, 2.05) is 0 Å². The number of hydrogen-bond acceptors (Lipinski definition) is 7. The standard InChI is InChI=1S/C21H24FNO7/c1-13(24)10-11-23(14(2)25)18-16-17(29-20(3,4)28-16)21(22,30-18)12-27-19(26)15-8-6-5-7-9-15/h5-11,16-18H,12H2,1-4H3/b11-10-/t16-,17+,18-,21-/m1/s1. The highest BCUT2D eigenvalue weighted by Gasteiger charge is 2.66. The molecule has 2 heterocycles. The third-order valence-electron chi connectivity index (χ3n) is 4.67. The Labute approximate surface area is 173 Å². The molecule has 1 aromatic rings. The maximum Gasteiger partial charge on any atom is 0.338 e. The van der Waals surface area contributed by atoms with Gasteiger partial charge in [0.1, 0.15) is 6.10 Å². The van der Waals surface area contributed by atoms with Gasteiger partial charge in [0.05, 0.1) is 5.56 Å². The largest absolute Gasteiger partial charge is 0.456 e. The van der Waals surface area contributed by atoms with Gasteiger partial charge in [0, 0.05) is 13.1 Å². The van der Waals surface area contributed by atoms with E-state index in [0.717, 1.165) is 11.0 Å². The molecule has 2 aliphatic rings. The van der Waals surface area contributed by atoms with Crippen LogP contribution >= 0.6 is 0 Å². The smallest absolute Gasteiger partial charge is 0.338 e. The maximum atomic E-state index is 15.8. The lowest BCUT2D eigenvalue weighted by atomic mass is 10.1. The predicted octanol–water partition coefficient (Wildman–Crippen LogP) is 2.34. The van der Waals surface area contributed by atoms with E-state index in [-0.39, 0.29) is 11.3 Å². The molecule has 1 amide bonds. The van der Waals surface area contributed by atoms with Crippen molar-refractivity contribution in [2.75, 3.05) is 6.61 Å². The summed E-state index contributed by atoms with van der Waals surface area (Å²) in [5.74, 6) is -5.23. The minimum Gasteiger partial charge on any atom is -0.456 e. The Hall–Kier alpha value is -2.62. The minimum atomic E-state index is -2.56. The first-order valence-electron chi connectivity index (χ1n) is 9.45. The zero-order valence-electron chi connectivity index (χ0n) is 17.2. The molecule has 0 radical (unpaired) electrons. The topological polar surface area (TPSA) is 91.4 Å². The monoisotopic (exact) mass is 421 g/mol. The highest BCUT2D eigenvalue weighted by atomic mass is 19.2. The number of carbonyl (C=O) groups excluding carboxylic acids is 3. The molecule has 162 valence electrons. The number of fused-ring (bicyclic) bond motifs is 1. The molecule has 0 aliphatic carbocycles. The fourth-order valence-electron chi connectivity index (χ4n) is 3.37. The van der Waals surface area contributed by atoms with Crippen molar-refractivity contribution in [1.82, 2.24) is 4.90 Å². The van der Waals surface area contributed by atoms with Crippen LogP contribution in [0.4, 0.5) is 4.39 Å². The minimum absolute atomic E-state index is 0.255. The van der Waals surface area contributed by atoms with Gasteiger partial charge in [-0.05, 0) is 39.0 Å². The van der Waals surface area contributed by atoms with Gasteiger partial charge in [0.15, 0.2) is 30.5 Å². The van der Waals surface area contributed by atoms with Crippen molar-refractivity contribution in [2.24, 2.45) is 0 Å². The number of benzene rings is 1. The number of alkyl halides is 1. The van der Waals surface area contributed by atoms with Gasteiger partial charge in [-0.15, -0.1) is 0 Å². The summed E-state index contributed by atoms with van der Waals surface area (Å²) in [4.78, 5) is 36.7. The maximum absolute atomic E-state index is 15.8. The van der Waals surface area contributed by atoms with Crippen LogP contribution in [0, 0.1) is 0 Å². The Bertz CT molecular complexity index is 856. The first-order valence-corrected chi connectivity index (χ1v) is 9.45. The molecule has 0 aromatic heterocycles. The van der Waals surface area contributed by atoms with E-state index in [2.05, 4.69) is 0 Å². The van der Waals surface area contributed by atoms with E-state index in [1.54, 1.807) is 32.0 Å². The van der Waals surface area contributed by atoms with Gasteiger partial charge in [-0.1, -0.05) is 18.2 Å². The van der Waals surface area contributed by atoms with Crippen LogP contribution in [0.5, 0.6) is 0 Å². The SMILES string of the molecule is CC(=O)/C=C\N(C(C)=O)[C@@H]1O[C@](F)(COC(=O)c2ccccc2)[C@H]2OC(C)(C)O[C@@H]12. The zero-order chi connectivity index (χ0) is 22.1. The number of halogens is 1. The second-order valence-electron chi connectivity index (χ2n) is 7.61. The molecule has 0 bridgehead atoms. The highest BCUT2D eigenvalue weighted by molar-refractivity contribution is 5.89. The van der Waals surface area contributed by atoms with Crippen LogP contribution in [0.3, 0.4) is 0 Å². The molecule has 2 aliphatic heterocycles. The van der Waals surface area contributed by atoms with Crippen molar-refractivity contribution in [3.63, 3.8) is 0 Å². The van der Waals surface area contributed by atoms with Gasteiger partial charge >= 0.3 is 5.97 Å². The van der Waals surface area contributed by atoms with Crippen LogP contribution in [-0.4, -0.2) is 59.2 Å². The third-order valence-corrected chi connectivity index (χ3v) is 4.67. The molecular formula is C21H24FNO7. The normalized spacial score (nSPS) is 29.6. The fraction of sp³-hybridized carbons (Fsp3) is 0.476. The molecule has 2 saturated heterocycles. The van der Waals surface area contributed by atoms with Crippen molar-refractivity contribution in [1.29, 1.82) is 0 Å². The van der Waals surface area contributed by atoms with Crippen molar-refractivity contribution < 1.29 is 37.7 Å². The van der Waals surface area contributed by atoms with Crippen molar-refractivity contribution in [2.45, 2.75) is 57.8 Å². The number of nitrogens with zero attached hydrogens (tertiary/aromatic N) is 1. The molecular weight excluding hydrogens is 397 g/mol. The molecule has 1 aromatic carbocycles. The summed E-state index contributed by atoms with van der Waals surface area (Å²) in [6, 6.07) is 8.12. The summed E-state index contributed by atoms with van der Waals surface area (Å²) in [7, 11) is 0. The van der Waals surface area contributed by atoms with Crippen LogP contribution in [0.15, 0.2) is 42.6 Å². The number of hydrogen-bond donors (Lipinski definition) is 0. The second kappa shape index (κ2) is 8.25. The quantitative estimate of drug-likeness (QED) is 0.514. The Morgan fingerprint density at radius 3 is 2.40 bits per heavy atom. The molecule has 0 unspecified atom stereocenters. The molecule has 4 atom stereocenters. The van der Waals surface area contributed by atoms with Crippen LogP contribution in [0.2, 0.25) is 0 Å². The summed E-state index contributed by atoms with van der Waals surface area (Å²) in [6.07, 6.45) is -1.10. The van der Waals surface area contributed by atoms with Gasteiger partial charge < -0.3 is 18.9 Å². The molecule has 8 nitrogen and oxygen atoms in total. The van der Waals surface area contributed by atoms with Gasteiger partial charge in [-0.3, -0.25) is 14.5 Å². The number of allylic oxidation sites excluding steroid dienone is 1.